The van der Waals surface area contributed by atoms with Crippen LogP contribution in [0.3, 0.4) is 0 Å². The Labute approximate surface area is 139 Å². The van der Waals surface area contributed by atoms with Crippen LogP contribution in [0.25, 0.3) is 0 Å². The van der Waals surface area contributed by atoms with Crippen LogP contribution in [0.2, 0.25) is 0 Å². The van der Waals surface area contributed by atoms with E-state index in [2.05, 4.69) is 15.9 Å². The van der Waals surface area contributed by atoms with Crippen molar-refractivity contribution in [3.63, 3.8) is 0 Å². The first-order valence-corrected chi connectivity index (χ1v) is 10.6. The summed E-state index contributed by atoms with van der Waals surface area (Å²) in [6, 6.07) is 5.87. The fourth-order valence-corrected chi connectivity index (χ4v) is 6.15. The van der Waals surface area contributed by atoms with Gasteiger partial charge in [0.25, 0.3) is 0 Å². The number of rotatable bonds is 4. The summed E-state index contributed by atoms with van der Waals surface area (Å²) in [6.45, 7) is 4.39. The fourth-order valence-electron chi connectivity index (χ4n) is 2.43. The third-order valence-corrected chi connectivity index (χ3v) is 7.68. The van der Waals surface area contributed by atoms with E-state index in [1.165, 1.54) is 0 Å². The maximum absolute atomic E-state index is 12.3. The molecule has 2 rings (SSSR count). The molecule has 2 atom stereocenters. The van der Waals surface area contributed by atoms with Gasteiger partial charge in [-0.1, -0.05) is 28.9 Å². The van der Waals surface area contributed by atoms with Gasteiger partial charge in [-0.15, -0.1) is 0 Å². The smallest absolute Gasteiger partial charge is 0.171 e. The van der Waals surface area contributed by atoms with Crippen LogP contribution in [-0.4, -0.2) is 37.6 Å². The van der Waals surface area contributed by atoms with Gasteiger partial charge >= 0.3 is 0 Å². The molecule has 1 fully saturated rings. The first kappa shape index (κ1) is 17.1. The average Bonchev–Trinajstić information content (AvgIpc) is 2.46. The molecule has 0 aromatic heterocycles. The van der Waals surface area contributed by atoms with E-state index in [0.717, 1.165) is 28.0 Å². The second-order valence-electron chi connectivity index (χ2n) is 5.17. The van der Waals surface area contributed by atoms with Gasteiger partial charge in [-0.2, -0.15) is 11.8 Å². The van der Waals surface area contributed by atoms with Crippen LogP contribution in [0, 0.1) is 0 Å². The van der Waals surface area contributed by atoms with Gasteiger partial charge in [0, 0.05) is 40.0 Å². The first-order chi connectivity index (χ1) is 9.86. The molecule has 0 spiro atoms. The van der Waals surface area contributed by atoms with E-state index in [9.17, 15) is 8.42 Å². The Kier molecular flexibility index (Phi) is 5.62. The largest absolute Gasteiger partial charge is 0.353 e. The van der Waals surface area contributed by atoms with Crippen molar-refractivity contribution < 1.29 is 8.42 Å². The van der Waals surface area contributed by atoms with Gasteiger partial charge in [-0.25, -0.2) is 8.42 Å². The molecular weight excluding hydrogens is 372 g/mol. The van der Waals surface area contributed by atoms with E-state index in [1.54, 1.807) is 18.7 Å². The van der Waals surface area contributed by atoms with Crippen LogP contribution >= 0.6 is 27.7 Å². The third kappa shape index (κ3) is 3.75. The molecule has 1 aromatic rings. The van der Waals surface area contributed by atoms with Gasteiger partial charge in [0.1, 0.15) is 5.37 Å². The lowest BCUT2D eigenvalue weighted by Crippen LogP contribution is -2.48. The standard InChI is InChI=1S/C14H21BrN2O2S2/c1-3-21(18,19)14-9-20-7-6-17(14)11-4-5-12(10(2)16)13(15)8-11/h4-5,8,10,14H,3,6-7,9,16H2,1-2H3/t10-,14?/m0/s1. The maximum atomic E-state index is 12.3. The molecule has 21 heavy (non-hydrogen) atoms. The fraction of sp³-hybridized carbons (Fsp3) is 0.571. The van der Waals surface area contributed by atoms with Crippen molar-refractivity contribution in [1.29, 1.82) is 0 Å². The van der Waals surface area contributed by atoms with Crippen LogP contribution < -0.4 is 10.6 Å². The van der Waals surface area contributed by atoms with Crippen LogP contribution in [0.5, 0.6) is 0 Å². The Morgan fingerprint density at radius 2 is 2.24 bits per heavy atom. The molecule has 1 aromatic carbocycles. The minimum Gasteiger partial charge on any atom is -0.353 e. The summed E-state index contributed by atoms with van der Waals surface area (Å²) < 4.78 is 25.6. The highest BCUT2D eigenvalue weighted by atomic mass is 79.9. The van der Waals surface area contributed by atoms with Gasteiger partial charge < -0.3 is 10.6 Å². The zero-order valence-corrected chi connectivity index (χ0v) is 15.5. The molecule has 1 saturated heterocycles. The lowest BCUT2D eigenvalue weighted by molar-refractivity contribution is 0.579. The molecular formula is C14H21BrN2O2S2. The maximum Gasteiger partial charge on any atom is 0.171 e. The second kappa shape index (κ2) is 6.89. The molecule has 0 saturated carbocycles. The number of hydrogen-bond acceptors (Lipinski definition) is 5. The number of thioether (sulfide) groups is 1. The van der Waals surface area contributed by atoms with Crippen LogP contribution in [0.1, 0.15) is 25.5 Å². The summed E-state index contributed by atoms with van der Waals surface area (Å²) in [5, 5.41) is -0.436. The molecule has 4 nitrogen and oxygen atoms in total. The van der Waals surface area contributed by atoms with Crippen LogP contribution in [0.4, 0.5) is 5.69 Å². The normalized spacial score (nSPS) is 21.3. The molecule has 2 N–H and O–H groups in total. The summed E-state index contributed by atoms with van der Waals surface area (Å²) in [5.74, 6) is 1.75. The van der Waals surface area contributed by atoms with Crippen molar-refractivity contribution >= 4 is 43.2 Å². The number of halogens is 1. The molecule has 1 unspecified atom stereocenters. The van der Waals surface area contributed by atoms with E-state index in [-0.39, 0.29) is 11.8 Å². The zero-order chi connectivity index (χ0) is 15.6. The van der Waals surface area contributed by atoms with E-state index < -0.39 is 15.2 Å². The van der Waals surface area contributed by atoms with E-state index in [1.807, 2.05) is 30.0 Å². The quantitative estimate of drug-likeness (QED) is 0.852. The van der Waals surface area contributed by atoms with Gasteiger partial charge in [-0.3, -0.25) is 0 Å². The average molecular weight is 393 g/mol. The number of hydrogen-bond donors (Lipinski definition) is 1. The number of nitrogens with two attached hydrogens (primary N) is 1. The van der Waals surface area contributed by atoms with Crippen molar-refractivity contribution in [2.45, 2.75) is 25.3 Å². The summed E-state index contributed by atoms with van der Waals surface area (Å²) >= 11 is 5.24. The minimum absolute atomic E-state index is 0.0551. The zero-order valence-electron chi connectivity index (χ0n) is 12.3. The summed E-state index contributed by atoms with van der Waals surface area (Å²) in [5.41, 5.74) is 7.88. The summed E-state index contributed by atoms with van der Waals surface area (Å²) in [4.78, 5) is 2.01. The van der Waals surface area contributed by atoms with E-state index >= 15 is 0 Å². The van der Waals surface area contributed by atoms with Crippen molar-refractivity contribution in [3.05, 3.63) is 28.2 Å². The van der Waals surface area contributed by atoms with Crippen LogP contribution in [0.15, 0.2) is 22.7 Å². The minimum atomic E-state index is -3.09. The van der Waals surface area contributed by atoms with Crippen molar-refractivity contribution in [2.75, 3.05) is 28.7 Å². The molecule has 7 heteroatoms. The Morgan fingerprint density at radius 3 is 2.81 bits per heavy atom. The number of sulfone groups is 1. The molecule has 118 valence electrons. The van der Waals surface area contributed by atoms with Gasteiger partial charge in [0.15, 0.2) is 9.84 Å². The van der Waals surface area contributed by atoms with Crippen molar-refractivity contribution in [2.24, 2.45) is 5.73 Å². The Hall–Kier alpha value is -0.240. The number of nitrogens with zero attached hydrogens (tertiary/aromatic N) is 1. The topological polar surface area (TPSA) is 63.4 Å². The first-order valence-electron chi connectivity index (χ1n) is 6.97. The second-order valence-corrected chi connectivity index (χ2v) is 9.62. The highest BCUT2D eigenvalue weighted by Gasteiger charge is 2.33. The lowest BCUT2D eigenvalue weighted by atomic mass is 10.1. The predicted molar refractivity (Wildman–Crippen MR) is 94.7 cm³/mol. The molecule has 1 aliphatic heterocycles. The van der Waals surface area contributed by atoms with Gasteiger partial charge in [0.05, 0.1) is 0 Å². The monoisotopic (exact) mass is 392 g/mol. The SMILES string of the molecule is CCS(=O)(=O)C1CSCCN1c1ccc([C@H](C)N)c(Br)c1. The Morgan fingerprint density at radius 1 is 1.52 bits per heavy atom. The lowest BCUT2D eigenvalue weighted by Gasteiger charge is -2.36. The molecule has 0 bridgehead atoms. The summed E-state index contributed by atoms with van der Waals surface area (Å²) in [7, 11) is -3.09. The highest BCUT2D eigenvalue weighted by molar-refractivity contribution is 9.10. The molecule has 0 amide bonds. The third-order valence-electron chi connectivity index (χ3n) is 3.71. The summed E-state index contributed by atoms with van der Waals surface area (Å²) in [6.07, 6.45) is 0. The van der Waals surface area contributed by atoms with Gasteiger partial charge in [-0.05, 0) is 24.6 Å². The molecule has 0 aliphatic carbocycles. The molecule has 1 heterocycles. The van der Waals surface area contributed by atoms with E-state index in [4.69, 9.17) is 5.73 Å². The molecule has 0 radical (unpaired) electrons. The highest BCUT2D eigenvalue weighted by Crippen LogP contribution is 2.32. The van der Waals surface area contributed by atoms with Crippen molar-refractivity contribution in [3.8, 4) is 0 Å². The van der Waals surface area contributed by atoms with E-state index in [0.29, 0.717) is 5.75 Å². The predicted octanol–water partition coefficient (Wildman–Crippen LogP) is 2.78. The Balaban J connectivity index is 2.36. The van der Waals surface area contributed by atoms with Crippen LogP contribution in [-0.2, 0) is 9.84 Å². The van der Waals surface area contributed by atoms with Crippen molar-refractivity contribution in [1.82, 2.24) is 0 Å². The molecule has 1 aliphatic rings. The number of benzene rings is 1. The number of anilines is 1. The Bertz CT molecular complexity index is 605. The van der Waals surface area contributed by atoms with Gasteiger partial charge in [0.2, 0.25) is 0 Å².